The lowest BCUT2D eigenvalue weighted by Gasteiger charge is -2.14. The number of hydrogen-bond acceptors (Lipinski definition) is 5. The van der Waals surface area contributed by atoms with Crippen LogP contribution in [0, 0.1) is 23.2 Å². The molecule has 8 nitrogen and oxygen atoms in total. The monoisotopic (exact) mass is 514 g/mol. The van der Waals surface area contributed by atoms with Crippen LogP contribution in [0.15, 0.2) is 24.8 Å². The molecule has 3 aromatic heterocycles. The van der Waals surface area contributed by atoms with E-state index in [0.29, 0.717) is 16.7 Å². The van der Waals surface area contributed by atoms with E-state index in [9.17, 15) is 14.3 Å². The van der Waals surface area contributed by atoms with Gasteiger partial charge in [0.15, 0.2) is 17.3 Å². The molecule has 1 aromatic carbocycles. The van der Waals surface area contributed by atoms with Crippen molar-refractivity contribution < 1.29 is 18.7 Å². The Balaban J connectivity index is 1.56. The molecule has 1 unspecified atom stereocenters. The lowest BCUT2D eigenvalue weighted by Crippen LogP contribution is -2.17. The summed E-state index contributed by atoms with van der Waals surface area (Å²) in [4.78, 5) is 20.7. The lowest BCUT2D eigenvalue weighted by molar-refractivity contribution is -0.117. The highest BCUT2D eigenvalue weighted by Gasteiger charge is 2.43. The molecule has 3 atom stereocenters. The molecule has 0 bridgehead atoms. The Morgan fingerprint density at radius 2 is 2.11 bits per heavy atom. The third-order valence-corrected chi connectivity index (χ3v) is 6.83. The van der Waals surface area contributed by atoms with Gasteiger partial charge in [-0.25, -0.2) is 13.8 Å². The van der Waals surface area contributed by atoms with Gasteiger partial charge in [0.2, 0.25) is 5.91 Å². The number of aliphatic hydroxyl groups excluding tert-OH is 1. The van der Waals surface area contributed by atoms with Crippen molar-refractivity contribution in [1.29, 1.82) is 0 Å². The number of fused-ring (bicyclic) bond motifs is 2. The van der Waals surface area contributed by atoms with Crippen LogP contribution < -0.4 is 5.32 Å². The van der Waals surface area contributed by atoms with Crippen molar-refractivity contribution in [2.75, 3.05) is 5.32 Å². The molecule has 4 aromatic rings. The van der Waals surface area contributed by atoms with Crippen LogP contribution in [0.25, 0.3) is 27.8 Å². The van der Waals surface area contributed by atoms with Gasteiger partial charge in [0.1, 0.15) is 20.3 Å². The molecule has 0 spiro atoms. The number of carbonyl (C=O) groups excluding carboxylic acids is 1. The van der Waals surface area contributed by atoms with Crippen LogP contribution in [0.5, 0.6) is 0 Å². The molecule has 1 fully saturated rings. The average molecular weight is 515 g/mol. The number of alkyl halides is 1. The molecule has 1 aliphatic carbocycles. The van der Waals surface area contributed by atoms with Crippen LogP contribution in [-0.4, -0.2) is 49.8 Å². The second kappa shape index (κ2) is 8.41. The van der Waals surface area contributed by atoms with Crippen LogP contribution in [-0.2, 0) is 4.79 Å². The molecule has 1 saturated carbocycles. The summed E-state index contributed by atoms with van der Waals surface area (Å²) in [5.74, 6) is 1.10. The predicted octanol–water partition coefficient (Wildman–Crippen LogP) is 4.28. The maximum Gasteiger partial charge on any atom is 0.231 e. The Hall–Kier alpha value is -3.33. The molecule has 12 heteroatoms. The van der Waals surface area contributed by atoms with E-state index in [1.165, 1.54) is 12.4 Å². The number of rotatable bonds is 4. The zero-order chi connectivity index (χ0) is 25.1. The van der Waals surface area contributed by atoms with Crippen LogP contribution in [0.3, 0.4) is 0 Å². The van der Waals surface area contributed by atoms with Crippen molar-refractivity contribution in [2.45, 2.75) is 38.3 Å². The van der Waals surface area contributed by atoms with E-state index < -0.39 is 38.0 Å². The first kappa shape index (κ1) is 23.4. The number of nitrogens with zero attached hydrogens (tertiary/aromatic N) is 4. The number of aliphatic hydroxyl groups is 1. The van der Waals surface area contributed by atoms with Gasteiger partial charge in [-0.1, -0.05) is 37.2 Å². The topological polar surface area (TPSA) is 108 Å². The predicted molar refractivity (Wildman–Crippen MR) is 131 cm³/mol. The third-order valence-electron chi connectivity index (χ3n) is 5.58. The van der Waals surface area contributed by atoms with Gasteiger partial charge in [0.25, 0.3) is 0 Å². The Bertz CT molecular complexity index is 1550. The Morgan fingerprint density at radius 1 is 1.37 bits per heavy atom. The molecule has 1 amide bonds. The number of anilines is 1. The number of aromatic nitrogens is 5. The number of hydrogen-bond donors (Lipinski definition) is 3. The van der Waals surface area contributed by atoms with E-state index in [4.69, 9.17) is 11.6 Å². The molecule has 0 aliphatic heterocycles. The first-order valence-corrected chi connectivity index (χ1v) is 14.8. The molecular weight excluding hydrogens is 494 g/mol. The van der Waals surface area contributed by atoms with Gasteiger partial charge in [0.05, 0.1) is 46.3 Å². The number of nitrogens with one attached hydrogen (secondary N) is 2. The van der Waals surface area contributed by atoms with Gasteiger partial charge in [-0.15, -0.1) is 5.54 Å². The van der Waals surface area contributed by atoms with Gasteiger partial charge in [0, 0.05) is 17.1 Å². The van der Waals surface area contributed by atoms with E-state index in [-0.39, 0.29) is 33.9 Å². The van der Waals surface area contributed by atoms with Crippen molar-refractivity contribution in [3.05, 3.63) is 41.2 Å². The fourth-order valence-electron chi connectivity index (χ4n) is 3.74. The number of halogens is 3. The molecule has 1 aliphatic rings. The second-order valence-electron chi connectivity index (χ2n) is 9.51. The van der Waals surface area contributed by atoms with E-state index in [0.717, 1.165) is 0 Å². The maximum atomic E-state index is 15.5. The summed E-state index contributed by atoms with van der Waals surface area (Å²) < 4.78 is 30.2. The highest BCUT2D eigenvalue weighted by Crippen LogP contribution is 2.40. The lowest BCUT2D eigenvalue weighted by atomic mass is 9.99. The summed E-state index contributed by atoms with van der Waals surface area (Å²) in [5.41, 5.74) is 4.26. The Morgan fingerprint density at radius 3 is 2.80 bits per heavy atom. The summed E-state index contributed by atoms with van der Waals surface area (Å²) in [6, 6.07) is 0. The minimum atomic E-state index is -1.81. The number of imidazole rings is 1. The second-order valence-corrected chi connectivity index (χ2v) is 14.6. The fraction of sp³-hybridized carbons (Fsp3) is 0.304. The van der Waals surface area contributed by atoms with Gasteiger partial charge in [-0.2, -0.15) is 5.10 Å². The third kappa shape index (κ3) is 4.40. The van der Waals surface area contributed by atoms with Crippen molar-refractivity contribution in [2.24, 2.45) is 5.92 Å². The van der Waals surface area contributed by atoms with Crippen LogP contribution in [0.2, 0.25) is 24.7 Å². The highest BCUT2D eigenvalue weighted by atomic mass is 35.5. The molecule has 0 saturated heterocycles. The first-order chi connectivity index (χ1) is 16.5. The zero-order valence-corrected chi connectivity index (χ0v) is 20.8. The molecule has 0 radical (unpaired) electrons. The first-order valence-electron chi connectivity index (χ1n) is 10.9. The molecule has 35 heavy (non-hydrogen) atoms. The largest absolute Gasteiger partial charge is 0.376 e. The number of carbonyl (C=O) groups is 1. The van der Waals surface area contributed by atoms with Gasteiger partial charge < -0.3 is 14.8 Å². The SMILES string of the molecule is C[Si](C)(C)C#CC(O)c1c(F)c(Cl)c(-c2cn3cc(NC(=O)[C@@H]4C[C@@H]4F)nc3cn2)c2cn[nH]c12. The van der Waals surface area contributed by atoms with Crippen molar-refractivity contribution >= 4 is 47.9 Å². The number of H-pyrrole nitrogens is 1. The number of amides is 1. The van der Waals surface area contributed by atoms with E-state index >= 15 is 4.39 Å². The van der Waals surface area contributed by atoms with Crippen LogP contribution in [0.1, 0.15) is 18.1 Å². The summed E-state index contributed by atoms with van der Waals surface area (Å²) in [5, 5.41) is 20.2. The summed E-state index contributed by atoms with van der Waals surface area (Å²) >= 11 is 6.46. The van der Waals surface area contributed by atoms with Crippen LogP contribution >= 0.6 is 11.6 Å². The summed E-state index contributed by atoms with van der Waals surface area (Å²) in [6.45, 7) is 6.05. The minimum Gasteiger partial charge on any atom is -0.376 e. The van der Waals surface area contributed by atoms with Crippen molar-refractivity contribution in [1.82, 2.24) is 24.6 Å². The van der Waals surface area contributed by atoms with Crippen LogP contribution in [0.4, 0.5) is 14.6 Å². The van der Waals surface area contributed by atoms with Gasteiger partial charge >= 0.3 is 0 Å². The molecular formula is C23H21ClF2N6O2Si. The minimum absolute atomic E-state index is 0.0723. The Labute approximate surface area is 204 Å². The molecule has 3 heterocycles. The van der Waals surface area contributed by atoms with Gasteiger partial charge in [-0.3, -0.25) is 14.9 Å². The molecule has 3 N–H and O–H groups in total. The number of benzene rings is 1. The van der Waals surface area contributed by atoms with E-state index in [2.05, 4.69) is 36.9 Å². The van der Waals surface area contributed by atoms with Gasteiger partial charge in [-0.05, 0) is 6.42 Å². The quantitative estimate of drug-likeness (QED) is 0.278. The average Bonchev–Trinajstić information content (AvgIpc) is 3.16. The highest BCUT2D eigenvalue weighted by molar-refractivity contribution is 6.83. The fourth-order valence-corrected chi connectivity index (χ4v) is 4.61. The van der Waals surface area contributed by atoms with E-state index in [1.54, 1.807) is 16.8 Å². The molecule has 180 valence electrons. The zero-order valence-electron chi connectivity index (χ0n) is 19.0. The standard InChI is InChI=1S/C23H21ClF2N6O2Si/c1-35(2,3)5-4-15(33)19-21(26)20(24)18(12-7-28-31-22(12)19)14-9-32-10-16(29-17(32)8-27-14)30-23(34)11-6-13(11)25/h7-11,13,15,33H,6H2,1-3H3,(H,28,31)(H,30,34)/t11-,13+,15?/m1/s1. The van der Waals surface area contributed by atoms with E-state index in [1.807, 2.05) is 19.6 Å². The summed E-state index contributed by atoms with van der Waals surface area (Å²) in [6.07, 6.45) is 3.77. The normalized spacial score (nSPS) is 18.4. The number of aromatic amines is 1. The Kier molecular flexibility index (Phi) is 5.62. The van der Waals surface area contributed by atoms with Crippen molar-refractivity contribution in [3.63, 3.8) is 0 Å². The smallest absolute Gasteiger partial charge is 0.231 e. The maximum absolute atomic E-state index is 15.5. The molecule has 5 rings (SSSR count). The van der Waals surface area contributed by atoms with Crippen molar-refractivity contribution in [3.8, 4) is 22.7 Å². The summed E-state index contributed by atoms with van der Waals surface area (Å²) in [7, 11) is -1.81.